The van der Waals surface area contributed by atoms with Crippen molar-refractivity contribution in [2.75, 3.05) is 26.2 Å². The first-order chi connectivity index (χ1) is 12.2. The molecule has 4 rings (SSSR count). The molecule has 4 heteroatoms. The first-order valence-electron chi connectivity index (χ1n) is 8.77. The quantitative estimate of drug-likeness (QED) is 0.747. The number of rotatable bonds is 3. The van der Waals surface area contributed by atoms with Crippen LogP contribution in [-0.2, 0) is 6.54 Å². The molecule has 1 N–H and O–H groups in total. The Morgan fingerprint density at radius 2 is 1.76 bits per heavy atom. The summed E-state index contributed by atoms with van der Waals surface area (Å²) in [7, 11) is 0. The second-order valence-corrected chi connectivity index (χ2v) is 6.63. The van der Waals surface area contributed by atoms with Crippen LogP contribution >= 0.6 is 0 Å². The fraction of sp³-hybridized carbons (Fsp3) is 0.286. The van der Waals surface area contributed by atoms with Gasteiger partial charge >= 0.3 is 5.63 Å². The Kier molecular flexibility index (Phi) is 4.38. The summed E-state index contributed by atoms with van der Waals surface area (Å²) >= 11 is 0. The molecule has 2 aromatic carbocycles. The lowest BCUT2D eigenvalue weighted by molar-refractivity contribution is 0.231. The number of hydrogen-bond donors (Lipinski definition) is 1. The van der Waals surface area contributed by atoms with Gasteiger partial charge < -0.3 is 9.73 Å². The Morgan fingerprint density at radius 1 is 1.04 bits per heavy atom. The second-order valence-electron chi connectivity index (χ2n) is 6.63. The molecule has 1 aliphatic heterocycles. The van der Waals surface area contributed by atoms with Gasteiger partial charge in [0.05, 0.1) is 5.56 Å². The number of fused-ring (bicyclic) bond motifs is 1. The Hall–Kier alpha value is -2.43. The van der Waals surface area contributed by atoms with Crippen LogP contribution in [-0.4, -0.2) is 31.1 Å². The second kappa shape index (κ2) is 6.82. The van der Waals surface area contributed by atoms with Crippen molar-refractivity contribution in [2.45, 2.75) is 13.5 Å². The van der Waals surface area contributed by atoms with Crippen LogP contribution in [0.25, 0.3) is 22.1 Å². The molecular formula is C21H22N2O2. The zero-order chi connectivity index (χ0) is 17.2. The fourth-order valence-corrected chi connectivity index (χ4v) is 3.47. The van der Waals surface area contributed by atoms with E-state index in [1.54, 1.807) is 0 Å². The Balaban J connectivity index is 1.90. The van der Waals surface area contributed by atoms with E-state index in [1.165, 1.54) is 5.56 Å². The van der Waals surface area contributed by atoms with E-state index in [0.717, 1.165) is 48.3 Å². The maximum atomic E-state index is 12.8. The van der Waals surface area contributed by atoms with Gasteiger partial charge in [0.25, 0.3) is 0 Å². The Bertz CT molecular complexity index is 938. The van der Waals surface area contributed by atoms with Gasteiger partial charge in [-0.3, -0.25) is 4.90 Å². The van der Waals surface area contributed by atoms with Crippen LogP contribution in [0.1, 0.15) is 11.1 Å². The molecule has 4 nitrogen and oxygen atoms in total. The van der Waals surface area contributed by atoms with Crippen LogP contribution in [0.4, 0.5) is 0 Å². The standard InChI is InChI=1S/C21H22N2O2/c1-15-6-8-16(9-7-15)20-17-4-2-3-5-19(17)25-21(24)18(20)14-23-12-10-22-11-13-23/h2-9,22H,10-14H2,1H3. The van der Waals surface area contributed by atoms with Gasteiger partial charge in [-0.25, -0.2) is 4.79 Å². The molecule has 3 aromatic rings. The molecular weight excluding hydrogens is 312 g/mol. The molecule has 0 atom stereocenters. The lowest BCUT2D eigenvalue weighted by atomic mass is 9.96. The Labute approximate surface area is 147 Å². The third-order valence-electron chi connectivity index (χ3n) is 4.84. The molecule has 1 fully saturated rings. The third kappa shape index (κ3) is 3.23. The minimum Gasteiger partial charge on any atom is -0.422 e. The van der Waals surface area contributed by atoms with Crippen LogP contribution in [0.15, 0.2) is 57.7 Å². The van der Waals surface area contributed by atoms with E-state index in [9.17, 15) is 4.79 Å². The molecule has 0 aliphatic carbocycles. The number of piperazine rings is 1. The van der Waals surface area contributed by atoms with E-state index in [4.69, 9.17) is 4.42 Å². The van der Waals surface area contributed by atoms with Gasteiger partial charge in [-0.2, -0.15) is 0 Å². The van der Waals surface area contributed by atoms with Gasteiger partial charge in [0, 0.05) is 43.7 Å². The van der Waals surface area contributed by atoms with E-state index in [1.807, 2.05) is 24.3 Å². The number of hydrogen-bond acceptors (Lipinski definition) is 4. The average molecular weight is 334 g/mol. The highest BCUT2D eigenvalue weighted by atomic mass is 16.4. The SMILES string of the molecule is Cc1ccc(-c2c(CN3CCNCC3)c(=O)oc3ccccc23)cc1. The third-order valence-corrected chi connectivity index (χ3v) is 4.84. The van der Waals surface area contributed by atoms with Gasteiger partial charge in [-0.15, -0.1) is 0 Å². The lowest BCUT2D eigenvalue weighted by Gasteiger charge is -2.27. The van der Waals surface area contributed by atoms with E-state index >= 15 is 0 Å². The number of benzene rings is 2. The Morgan fingerprint density at radius 3 is 2.52 bits per heavy atom. The molecule has 1 aliphatic rings. The van der Waals surface area contributed by atoms with Crippen molar-refractivity contribution in [1.82, 2.24) is 10.2 Å². The van der Waals surface area contributed by atoms with Crippen LogP contribution in [0.2, 0.25) is 0 Å². The van der Waals surface area contributed by atoms with E-state index in [2.05, 4.69) is 41.4 Å². The minimum absolute atomic E-state index is 0.229. The molecule has 0 spiro atoms. The maximum Gasteiger partial charge on any atom is 0.341 e. The molecule has 0 saturated carbocycles. The van der Waals surface area contributed by atoms with Gasteiger partial charge in [0.1, 0.15) is 5.58 Å². The maximum absolute atomic E-state index is 12.8. The first kappa shape index (κ1) is 16.1. The number of aryl methyl sites for hydroxylation is 1. The van der Waals surface area contributed by atoms with E-state index in [0.29, 0.717) is 12.1 Å². The highest BCUT2D eigenvalue weighted by Crippen LogP contribution is 2.31. The van der Waals surface area contributed by atoms with Crippen molar-refractivity contribution in [3.63, 3.8) is 0 Å². The van der Waals surface area contributed by atoms with Crippen LogP contribution in [0, 0.1) is 6.92 Å². The predicted molar refractivity (Wildman–Crippen MR) is 101 cm³/mol. The molecule has 2 heterocycles. The summed E-state index contributed by atoms with van der Waals surface area (Å²) in [5, 5.41) is 4.35. The first-order valence-corrected chi connectivity index (χ1v) is 8.77. The zero-order valence-electron chi connectivity index (χ0n) is 14.4. The van der Waals surface area contributed by atoms with Gasteiger partial charge in [-0.1, -0.05) is 48.0 Å². The largest absolute Gasteiger partial charge is 0.422 e. The number of para-hydroxylation sites is 1. The summed E-state index contributed by atoms with van der Waals surface area (Å²) < 4.78 is 5.62. The summed E-state index contributed by atoms with van der Waals surface area (Å²) in [5.74, 6) is 0. The van der Waals surface area contributed by atoms with Crippen LogP contribution < -0.4 is 10.9 Å². The normalized spacial score (nSPS) is 15.6. The minimum atomic E-state index is -0.229. The van der Waals surface area contributed by atoms with Crippen LogP contribution in [0.5, 0.6) is 0 Å². The van der Waals surface area contributed by atoms with Crippen molar-refractivity contribution >= 4 is 11.0 Å². The summed E-state index contributed by atoms with van der Waals surface area (Å²) in [6, 6.07) is 16.2. The number of nitrogens with one attached hydrogen (secondary N) is 1. The summed E-state index contributed by atoms with van der Waals surface area (Å²) in [5.41, 5.74) is 4.45. The molecule has 0 bridgehead atoms. The van der Waals surface area contributed by atoms with E-state index < -0.39 is 0 Å². The van der Waals surface area contributed by atoms with E-state index in [-0.39, 0.29) is 5.63 Å². The predicted octanol–water partition coefficient (Wildman–Crippen LogP) is 3.17. The van der Waals surface area contributed by atoms with Crippen molar-refractivity contribution < 1.29 is 4.42 Å². The highest BCUT2D eigenvalue weighted by molar-refractivity contribution is 5.94. The van der Waals surface area contributed by atoms with Crippen molar-refractivity contribution in [3.05, 3.63) is 70.1 Å². The average Bonchev–Trinajstić information content (AvgIpc) is 2.64. The summed E-state index contributed by atoms with van der Waals surface area (Å²) in [6.45, 7) is 6.50. The zero-order valence-corrected chi connectivity index (χ0v) is 14.4. The van der Waals surface area contributed by atoms with Gasteiger partial charge in [0.2, 0.25) is 0 Å². The fourth-order valence-electron chi connectivity index (χ4n) is 3.47. The molecule has 0 unspecified atom stereocenters. The molecule has 25 heavy (non-hydrogen) atoms. The monoisotopic (exact) mass is 334 g/mol. The molecule has 128 valence electrons. The topological polar surface area (TPSA) is 45.5 Å². The van der Waals surface area contributed by atoms with Crippen LogP contribution in [0.3, 0.4) is 0 Å². The molecule has 0 amide bonds. The molecule has 0 radical (unpaired) electrons. The highest BCUT2D eigenvalue weighted by Gasteiger charge is 2.19. The molecule has 1 aromatic heterocycles. The summed E-state index contributed by atoms with van der Waals surface area (Å²) in [6.07, 6.45) is 0. The molecule has 1 saturated heterocycles. The van der Waals surface area contributed by atoms with Crippen molar-refractivity contribution in [2.24, 2.45) is 0 Å². The number of nitrogens with zero attached hydrogens (tertiary/aromatic N) is 1. The van der Waals surface area contributed by atoms with Gasteiger partial charge in [0.15, 0.2) is 0 Å². The van der Waals surface area contributed by atoms with Crippen molar-refractivity contribution in [1.29, 1.82) is 0 Å². The summed E-state index contributed by atoms with van der Waals surface area (Å²) in [4.78, 5) is 15.1. The van der Waals surface area contributed by atoms with Crippen molar-refractivity contribution in [3.8, 4) is 11.1 Å². The lowest BCUT2D eigenvalue weighted by Crippen LogP contribution is -2.43. The van der Waals surface area contributed by atoms with Gasteiger partial charge in [-0.05, 0) is 18.6 Å². The smallest absolute Gasteiger partial charge is 0.341 e.